The van der Waals surface area contributed by atoms with E-state index in [1.165, 1.54) is 10.9 Å². The number of halogens is 3. The molecule has 0 aliphatic carbocycles. The third-order valence-corrected chi connectivity index (χ3v) is 8.63. The quantitative estimate of drug-likeness (QED) is 0.234. The van der Waals surface area contributed by atoms with Gasteiger partial charge in [0.2, 0.25) is 0 Å². The van der Waals surface area contributed by atoms with Gasteiger partial charge in [-0.2, -0.15) is 13.2 Å². The van der Waals surface area contributed by atoms with Crippen molar-refractivity contribution in [2.75, 3.05) is 88.6 Å². The summed E-state index contributed by atoms with van der Waals surface area (Å²) < 4.78 is 48.8. The molecule has 2 saturated heterocycles. The number of nitrogens with zero attached hydrogens (tertiary/aromatic N) is 7. The molecular formula is C30H38F3N9O3S. The molecule has 2 aromatic heterocycles. The van der Waals surface area contributed by atoms with E-state index in [4.69, 9.17) is 4.74 Å². The highest BCUT2D eigenvalue weighted by molar-refractivity contribution is 7.99. The van der Waals surface area contributed by atoms with E-state index in [1.54, 1.807) is 18.2 Å². The van der Waals surface area contributed by atoms with Crippen molar-refractivity contribution in [3.63, 3.8) is 0 Å². The van der Waals surface area contributed by atoms with Gasteiger partial charge < -0.3 is 25.2 Å². The molecule has 4 heterocycles. The number of benzene rings is 1. The van der Waals surface area contributed by atoms with Gasteiger partial charge in [0.05, 0.1) is 52.6 Å². The van der Waals surface area contributed by atoms with Crippen LogP contribution in [0.2, 0.25) is 0 Å². The fraction of sp³-hybridized carbons (Fsp3) is 0.500. The van der Waals surface area contributed by atoms with Gasteiger partial charge in [0.1, 0.15) is 0 Å². The van der Waals surface area contributed by atoms with E-state index in [-0.39, 0.29) is 16.6 Å². The lowest BCUT2D eigenvalue weighted by molar-refractivity contribution is -0.138. The number of carbonyl (C=O) groups excluding carboxylic acids is 2. The molecule has 0 atom stereocenters. The summed E-state index contributed by atoms with van der Waals surface area (Å²) in [4.78, 5) is 36.8. The lowest BCUT2D eigenvalue weighted by Crippen LogP contribution is -2.44. The number of alkyl halides is 3. The van der Waals surface area contributed by atoms with E-state index >= 15 is 0 Å². The maximum atomic E-state index is 14.0. The molecule has 46 heavy (non-hydrogen) atoms. The molecule has 0 saturated carbocycles. The zero-order valence-corrected chi connectivity index (χ0v) is 26.7. The van der Waals surface area contributed by atoms with Crippen LogP contribution in [0.1, 0.15) is 39.8 Å². The molecule has 5 rings (SSSR count). The number of piperazine rings is 1. The SMILES string of the molecule is CCSc1cc(C(F)(F)F)c(C(=O)Nc2cc(-n3cc(C(=O)NCCCN4CCOCC4)nn3)ccc2N2CCN(C)CC2)cn1. The first kappa shape index (κ1) is 33.6. The Balaban J connectivity index is 1.35. The minimum absolute atomic E-state index is 0.117. The summed E-state index contributed by atoms with van der Waals surface area (Å²) in [6.45, 7) is 9.22. The molecule has 1 aromatic carbocycles. The van der Waals surface area contributed by atoms with Crippen LogP contribution in [0, 0.1) is 0 Å². The molecule has 0 unspecified atom stereocenters. The van der Waals surface area contributed by atoms with Crippen LogP contribution in [0.4, 0.5) is 24.5 Å². The van der Waals surface area contributed by atoms with Gasteiger partial charge >= 0.3 is 6.18 Å². The number of hydrogen-bond donors (Lipinski definition) is 2. The monoisotopic (exact) mass is 661 g/mol. The molecular weight excluding hydrogens is 623 g/mol. The van der Waals surface area contributed by atoms with Gasteiger partial charge in [0.25, 0.3) is 11.8 Å². The fourth-order valence-electron chi connectivity index (χ4n) is 5.27. The van der Waals surface area contributed by atoms with Crippen molar-refractivity contribution in [1.82, 2.24) is 35.1 Å². The van der Waals surface area contributed by atoms with E-state index < -0.39 is 23.2 Å². The molecule has 2 N–H and O–H groups in total. The average molecular weight is 662 g/mol. The summed E-state index contributed by atoms with van der Waals surface area (Å²) in [7, 11) is 2.01. The molecule has 248 valence electrons. The predicted molar refractivity (Wildman–Crippen MR) is 169 cm³/mol. The number of carbonyl (C=O) groups is 2. The standard InChI is InChI=1S/C30H38F3N9O3S/c1-3-46-27-18-23(30(31,32)33)22(19-35-27)28(43)36-24-17-21(5-6-26(24)41-11-9-39(2)10-12-41)42-20-25(37-38-42)29(44)34-7-4-8-40-13-15-45-16-14-40/h5-6,17-20H,3-4,7-16H2,1-2H3,(H,34,44)(H,36,43). The lowest BCUT2D eigenvalue weighted by Gasteiger charge is -2.35. The van der Waals surface area contributed by atoms with Crippen LogP contribution in [-0.2, 0) is 10.9 Å². The molecule has 3 aromatic rings. The molecule has 16 heteroatoms. The van der Waals surface area contributed by atoms with Crippen LogP contribution in [0.5, 0.6) is 0 Å². The Morgan fingerprint density at radius 2 is 1.80 bits per heavy atom. The summed E-state index contributed by atoms with van der Waals surface area (Å²) in [5, 5.41) is 13.9. The van der Waals surface area contributed by atoms with Crippen molar-refractivity contribution in [3.8, 4) is 5.69 Å². The number of pyridine rings is 1. The van der Waals surface area contributed by atoms with Crippen LogP contribution in [-0.4, -0.2) is 120 Å². The molecule has 2 amide bonds. The van der Waals surface area contributed by atoms with E-state index in [9.17, 15) is 22.8 Å². The first-order valence-electron chi connectivity index (χ1n) is 15.2. The Bertz CT molecular complexity index is 1510. The number of amides is 2. The largest absolute Gasteiger partial charge is 0.417 e. The van der Waals surface area contributed by atoms with Crippen LogP contribution in [0.25, 0.3) is 5.69 Å². The molecule has 2 aliphatic rings. The summed E-state index contributed by atoms with van der Waals surface area (Å²) >= 11 is 1.16. The third kappa shape index (κ3) is 8.54. The van der Waals surface area contributed by atoms with Crippen molar-refractivity contribution < 1.29 is 27.5 Å². The van der Waals surface area contributed by atoms with E-state index in [1.807, 2.05) is 14.0 Å². The van der Waals surface area contributed by atoms with Crippen LogP contribution in [0.3, 0.4) is 0 Å². The van der Waals surface area contributed by atoms with E-state index in [0.717, 1.165) is 63.2 Å². The summed E-state index contributed by atoms with van der Waals surface area (Å²) in [6, 6.07) is 6.08. The highest BCUT2D eigenvalue weighted by Gasteiger charge is 2.36. The smallest absolute Gasteiger partial charge is 0.379 e. The number of morpholine rings is 1. The highest BCUT2D eigenvalue weighted by Crippen LogP contribution is 2.35. The minimum Gasteiger partial charge on any atom is -0.379 e. The molecule has 12 nitrogen and oxygen atoms in total. The Morgan fingerprint density at radius 3 is 2.52 bits per heavy atom. The van der Waals surface area contributed by atoms with E-state index in [0.29, 0.717) is 55.7 Å². The number of rotatable bonds is 11. The maximum Gasteiger partial charge on any atom is 0.417 e. The number of aromatic nitrogens is 4. The zero-order valence-electron chi connectivity index (χ0n) is 25.8. The number of nitrogens with one attached hydrogen (secondary N) is 2. The summed E-state index contributed by atoms with van der Waals surface area (Å²) in [5.74, 6) is -0.763. The van der Waals surface area contributed by atoms with Crippen LogP contribution < -0.4 is 15.5 Å². The van der Waals surface area contributed by atoms with Gasteiger partial charge in [0.15, 0.2) is 5.69 Å². The lowest BCUT2D eigenvalue weighted by atomic mass is 10.1. The Morgan fingerprint density at radius 1 is 1.04 bits per heavy atom. The van der Waals surface area contributed by atoms with Gasteiger partial charge in [-0.3, -0.25) is 14.5 Å². The number of likely N-dealkylation sites (N-methyl/N-ethyl adjacent to an activating group) is 1. The molecule has 2 fully saturated rings. The number of ether oxygens (including phenoxy) is 1. The number of hydrogen-bond acceptors (Lipinski definition) is 10. The topological polar surface area (TPSA) is 121 Å². The third-order valence-electron chi connectivity index (χ3n) is 7.82. The van der Waals surface area contributed by atoms with Crippen LogP contribution >= 0.6 is 11.8 Å². The Labute approximate surface area is 269 Å². The maximum absolute atomic E-state index is 14.0. The van der Waals surface area contributed by atoms with Gasteiger partial charge in [-0.25, -0.2) is 9.67 Å². The van der Waals surface area contributed by atoms with Gasteiger partial charge in [-0.1, -0.05) is 12.1 Å². The first-order chi connectivity index (χ1) is 22.1. The van der Waals surface area contributed by atoms with Crippen molar-refractivity contribution in [2.24, 2.45) is 0 Å². The average Bonchev–Trinajstić information content (AvgIpc) is 3.54. The zero-order chi connectivity index (χ0) is 32.7. The number of thioether (sulfide) groups is 1. The number of anilines is 2. The molecule has 2 aliphatic heterocycles. The molecule has 0 radical (unpaired) electrons. The van der Waals surface area contributed by atoms with Crippen LogP contribution in [0.15, 0.2) is 41.7 Å². The van der Waals surface area contributed by atoms with Crippen molar-refractivity contribution in [2.45, 2.75) is 24.5 Å². The van der Waals surface area contributed by atoms with Crippen molar-refractivity contribution in [3.05, 3.63) is 53.5 Å². The minimum atomic E-state index is -4.75. The normalized spacial score (nSPS) is 16.4. The molecule has 0 spiro atoms. The second kappa shape index (κ2) is 15.2. The second-order valence-corrected chi connectivity index (χ2v) is 12.3. The summed E-state index contributed by atoms with van der Waals surface area (Å²) in [5.41, 5.74) is -0.0804. The van der Waals surface area contributed by atoms with Gasteiger partial charge in [-0.15, -0.1) is 16.9 Å². The first-order valence-corrected chi connectivity index (χ1v) is 16.2. The van der Waals surface area contributed by atoms with Gasteiger partial charge in [-0.05, 0) is 50.0 Å². The summed E-state index contributed by atoms with van der Waals surface area (Å²) in [6.07, 6.45) is -1.52. The Kier molecular flexibility index (Phi) is 11.1. The Hall–Kier alpha value is -3.73. The fourth-order valence-corrected chi connectivity index (χ4v) is 5.90. The van der Waals surface area contributed by atoms with Crippen molar-refractivity contribution >= 4 is 35.0 Å². The molecule has 0 bridgehead atoms. The highest BCUT2D eigenvalue weighted by atomic mass is 32.2. The van der Waals surface area contributed by atoms with Gasteiger partial charge in [0, 0.05) is 52.0 Å². The predicted octanol–water partition coefficient (Wildman–Crippen LogP) is 3.25. The second-order valence-electron chi connectivity index (χ2n) is 11.1. The van der Waals surface area contributed by atoms with E-state index in [2.05, 4.69) is 40.6 Å². The van der Waals surface area contributed by atoms with Crippen molar-refractivity contribution in [1.29, 1.82) is 0 Å².